The Kier molecular flexibility index (Phi) is 4.23. The van der Waals surface area contributed by atoms with E-state index < -0.39 is 0 Å². The van der Waals surface area contributed by atoms with Crippen LogP contribution in [0.4, 0.5) is 0 Å². The third kappa shape index (κ3) is 2.66. The van der Waals surface area contributed by atoms with Gasteiger partial charge in [-0.05, 0) is 56.3 Å². The summed E-state index contributed by atoms with van der Waals surface area (Å²) in [6, 6.07) is 0. The topological polar surface area (TPSA) is 23.5 Å². The first-order valence-corrected chi connectivity index (χ1v) is 8.05. The van der Waals surface area contributed by atoms with E-state index in [1.54, 1.807) is 5.06 Å². The second kappa shape index (κ2) is 4.71. The number of rotatable bonds is 0. The molecule has 0 aromatic carbocycles. The van der Waals surface area contributed by atoms with E-state index in [-0.39, 0.29) is 21.9 Å². The van der Waals surface area contributed by atoms with Crippen molar-refractivity contribution >= 4 is 0 Å². The Hall–Kier alpha value is -0.0800. The predicted octanol–water partition coefficient (Wildman–Crippen LogP) is 5.21. The maximum absolute atomic E-state index is 11.0. The summed E-state index contributed by atoms with van der Waals surface area (Å²) in [6.07, 6.45) is 0. The zero-order valence-corrected chi connectivity index (χ0v) is 15.6. The Labute approximate surface area is 126 Å². The molecule has 0 radical (unpaired) electrons. The Bertz CT molecular complexity index is 323. The van der Waals surface area contributed by atoms with Crippen LogP contribution in [-0.2, 0) is 0 Å². The van der Waals surface area contributed by atoms with Gasteiger partial charge < -0.3 is 5.21 Å². The monoisotopic (exact) mass is 283 g/mol. The van der Waals surface area contributed by atoms with E-state index in [0.717, 1.165) is 0 Å². The van der Waals surface area contributed by atoms with E-state index >= 15 is 0 Å². The van der Waals surface area contributed by atoms with E-state index in [1.165, 1.54) is 0 Å². The molecule has 0 aliphatic carbocycles. The number of hydroxylamine groups is 2. The highest BCUT2D eigenvalue weighted by Gasteiger charge is 2.60. The number of piperidine rings is 1. The van der Waals surface area contributed by atoms with Gasteiger partial charge in [-0.2, -0.15) is 5.06 Å². The van der Waals surface area contributed by atoms with Gasteiger partial charge in [0, 0.05) is 11.1 Å². The molecular formula is C18H37NO. The van der Waals surface area contributed by atoms with E-state index in [0.29, 0.717) is 17.8 Å². The highest BCUT2D eigenvalue weighted by molar-refractivity contribution is 5.10. The summed E-state index contributed by atoms with van der Waals surface area (Å²) >= 11 is 0. The molecule has 20 heavy (non-hydrogen) atoms. The van der Waals surface area contributed by atoms with Crippen molar-refractivity contribution in [2.45, 2.75) is 87.2 Å². The van der Waals surface area contributed by atoms with Crippen LogP contribution in [0.25, 0.3) is 0 Å². The molecule has 1 aliphatic heterocycles. The number of nitrogens with zero attached hydrogens (tertiary/aromatic N) is 1. The van der Waals surface area contributed by atoms with Crippen LogP contribution >= 0.6 is 0 Å². The average molecular weight is 284 g/mol. The molecule has 1 N–H and O–H groups in total. The van der Waals surface area contributed by atoms with E-state index in [2.05, 4.69) is 76.2 Å². The van der Waals surface area contributed by atoms with Gasteiger partial charge >= 0.3 is 0 Å². The van der Waals surface area contributed by atoms with Crippen LogP contribution in [0, 0.1) is 28.6 Å². The molecule has 0 aromatic rings. The molecular weight excluding hydrogens is 246 g/mol. The molecule has 1 aliphatic rings. The zero-order valence-electron chi connectivity index (χ0n) is 15.6. The molecule has 0 saturated carbocycles. The lowest BCUT2D eigenvalue weighted by Crippen LogP contribution is -2.71. The summed E-state index contributed by atoms with van der Waals surface area (Å²) in [6.45, 7) is 25.0. The first kappa shape index (κ1) is 18.0. The SMILES string of the molecule is CC1C(C(C)(C)C)C(C)(C)N(O)C(C)(C)C1C(C)(C)C. The van der Waals surface area contributed by atoms with Crippen LogP contribution in [0.2, 0.25) is 0 Å². The standard InChI is InChI=1S/C18H37NO/c1-12-13(15(2,3)4)17(8,9)19(20)18(10,11)14(12)16(5,6)7/h12-14,20H,1-11H3. The minimum Gasteiger partial charge on any atom is -0.313 e. The molecule has 1 fully saturated rings. The van der Waals surface area contributed by atoms with Gasteiger partial charge in [-0.25, -0.2) is 0 Å². The third-order valence-corrected chi connectivity index (χ3v) is 5.53. The maximum atomic E-state index is 11.0. The molecule has 2 atom stereocenters. The second-order valence-corrected chi connectivity index (χ2v) is 10.2. The zero-order chi connectivity index (χ0) is 16.3. The lowest BCUT2D eigenvalue weighted by atomic mass is 9.50. The van der Waals surface area contributed by atoms with Crippen molar-refractivity contribution in [1.29, 1.82) is 0 Å². The molecule has 2 unspecified atom stereocenters. The first-order valence-electron chi connectivity index (χ1n) is 8.05. The highest BCUT2D eigenvalue weighted by atomic mass is 16.5. The Morgan fingerprint density at radius 1 is 0.750 bits per heavy atom. The summed E-state index contributed by atoms with van der Waals surface area (Å²) in [5, 5.41) is 12.6. The fraction of sp³-hybridized carbons (Fsp3) is 1.00. The van der Waals surface area contributed by atoms with Gasteiger partial charge in [0.2, 0.25) is 0 Å². The van der Waals surface area contributed by atoms with Gasteiger partial charge in [-0.3, -0.25) is 0 Å². The number of hydrogen-bond donors (Lipinski definition) is 1. The van der Waals surface area contributed by atoms with Crippen molar-refractivity contribution < 1.29 is 5.21 Å². The third-order valence-electron chi connectivity index (χ3n) is 5.53. The van der Waals surface area contributed by atoms with Crippen LogP contribution in [0.5, 0.6) is 0 Å². The van der Waals surface area contributed by atoms with E-state index in [4.69, 9.17) is 0 Å². The van der Waals surface area contributed by atoms with Crippen molar-refractivity contribution in [3.05, 3.63) is 0 Å². The first-order chi connectivity index (χ1) is 8.55. The Morgan fingerprint density at radius 2 is 1.00 bits per heavy atom. The van der Waals surface area contributed by atoms with Gasteiger partial charge in [-0.1, -0.05) is 48.5 Å². The summed E-state index contributed by atoms with van der Waals surface area (Å²) in [5.41, 5.74) is -0.0976. The molecule has 1 heterocycles. The molecule has 120 valence electrons. The summed E-state index contributed by atoms with van der Waals surface area (Å²) in [5.74, 6) is 1.44. The van der Waals surface area contributed by atoms with Crippen molar-refractivity contribution in [2.75, 3.05) is 0 Å². The predicted molar refractivity (Wildman–Crippen MR) is 86.8 cm³/mol. The van der Waals surface area contributed by atoms with Crippen molar-refractivity contribution in [2.24, 2.45) is 28.6 Å². The van der Waals surface area contributed by atoms with Crippen LogP contribution in [0.1, 0.15) is 76.2 Å². The Balaban J connectivity index is 3.46. The molecule has 0 aromatic heterocycles. The summed E-state index contributed by atoms with van der Waals surface area (Å²) < 4.78 is 0. The molecule has 0 bridgehead atoms. The average Bonchev–Trinajstić information content (AvgIpc) is 2.08. The van der Waals surface area contributed by atoms with Gasteiger partial charge in [0.15, 0.2) is 0 Å². The second-order valence-electron chi connectivity index (χ2n) is 10.2. The van der Waals surface area contributed by atoms with E-state index in [1.807, 2.05) is 0 Å². The van der Waals surface area contributed by atoms with Crippen LogP contribution in [0.15, 0.2) is 0 Å². The molecule has 1 rings (SSSR count). The summed E-state index contributed by atoms with van der Waals surface area (Å²) in [4.78, 5) is 0. The van der Waals surface area contributed by atoms with Gasteiger partial charge in [-0.15, -0.1) is 0 Å². The maximum Gasteiger partial charge on any atom is 0.0446 e. The van der Waals surface area contributed by atoms with Crippen LogP contribution < -0.4 is 0 Å². The van der Waals surface area contributed by atoms with Crippen LogP contribution in [-0.4, -0.2) is 21.3 Å². The quantitative estimate of drug-likeness (QED) is 0.659. The lowest BCUT2D eigenvalue weighted by Gasteiger charge is -2.65. The lowest BCUT2D eigenvalue weighted by molar-refractivity contribution is -0.311. The molecule has 1 saturated heterocycles. The van der Waals surface area contributed by atoms with Gasteiger partial charge in [0.1, 0.15) is 0 Å². The van der Waals surface area contributed by atoms with Gasteiger partial charge in [0.05, 0.1) is 0 Å². The van der Waals surface area contributed by atoms with Crippen molar-refractivity contribution in [1.82, 2.24) is 5.06 Å². The fourth-order valence-corrected chi connectivity index (χ4v) is 6.18. The largest absolute Gasteiger partial charge is 0.313 e. The summed E-state index contributed by atoms with van der Waals surface area (Å²) in [7, 11) is 0. The van der Waals surface area contributed by atoms with Crippen molar-refractivity contribution in [3.63, 3.8) is 0 Å². The molecule has 2 nitrogen and oxygen atoms in total. The van der Waals surface area contributed by atoms with Gasteiger partial charge in [0.25, 0.3) is 0 Å². The minimum absolute atomic E-state index is 0.171. The minimum atomic E-state index is -0.219. The number of hydrogen-bond acceptors (Lipinski definition) is 2. The molecule has 2 heteroatoms. The smallest absolute Gasteiger partial charge is 0.0446 e. The highest BCUT2D eigenvalue weighted by Crippen LogP contribution is 2.57. The normalized spacial score (nSPS) is 35.1. The molecule has 0 amide bonds. The molecule has 0 spiro atoms. The van der Waals surface area contributed by atoms with E-state index in [9.17, 15) is 5.21 Å². The Morgan fingerprint density at radius 3 is 1.20 bits per heavy atom. The van der Waals surface area contributed by atoms with Crippen molar-refractivity contribution in [3.8, 4) is 0 Å². The fourth-order valence-electron chi connectivity index (χ4n) is 6.18. The van der Waals surface area contributed by atoms with Crippen LogP contribution in [0.3, 0.4) is 0 Å².